The van der Waals surface area contributed by atoms with Gasteiger partial charge in [-0.2, -0.15) is 4.31 Å². The summed E-state index contributed by atoms with van der Waals surface area (Å²) in [7, 11) is -1.15. The lowest BCUT2D eigenvalue weighted by Gasteiger charge is -2.15. The molecule has 0 amide bonds. The Morgan fingerprint density at radius 3 is 2.85 bits per heavy atom. The molecule has 20 heavy (non-hydrogen) atoms. The van der Waals surface area contributed by atoms with Gasteiger partial charge in [0, 0.05) is 29.4 Å². The molecule has 1 N–H and O–H groups in total. The van der Waals surface area contributed by atoms with Crippen LogP contribution in [0.1, 0.15) is 10.4 Å². The third kappa shape index (κ3) is 4.94. The van der Waals surface area contributed by atoms with Crippen LogP contribution >= 0.6 is 11.3 Å². The minimum Gasteiger partial charge on any atom is -0.468 e. The van der Waals surface area contributed by atoms with Crippen molar-refractivity contribution in [1.82, 2.24) is 4.31 Å². The molecule has 0 radical (unpaired) electrons. The van der Waals surface area contributed by atoms with E-state index in [0.29, 0.717) is 0 Å². The lowest BCUT2D eigenvalue weighted by Crippen LogP contribution is -2.32. The highest BCUT2D eigenvalue weighted by molar-refractivity contribution is 7.89. The average molecular weight is 317 g/mol. The first-order chi connectivity index (χ1) is 9.39. The smallest absolute Gasteiger partial charge is 0.322 e. The lowest BCUT2D eigenvalue weighted by molar-refractivity contribution is -0.137. The van der Waals surface area contributed by atoms with E-state index in [4.69, 9.17) is 5.11 Å². The van der Waals surface area contributed by atoms with Crippen molar-refractivity contribution in [3.8, 4) is 11.8 Å². The van der Waals surface area contributed by atoms with Crippen LogP contribution in [0.2, 0.25) is 0 Å². The first-order valence-electron chi connectivity index (χ1n) is 5.57. The number of thiophene rings is 1. The molecule has 110 valence electrons. The van der Waals surface area contributed by atoms with Crippen LogP contribution in [0.25, 0.3) is 0 Å². The number of sulfonamides is 1. The van der Waals surface area contributed by atoms with Gasteiger partial charge in [-0.3, -0.25) is 4.79 Å². The second-order valence-electron chi connectivity index (χ2n) is 3.85. The predicted molar refractivity (Wildman–Crippen MR) is 75.6 cm³/mol. The molecule has 0 aromatic carbocycles. The molecular formula is C12H15NO5S2. The predicted octanol–water partition coefficient (Wildman–Crippen LogP) is 0.0265. The fraction of sp³-hybridized carbons (Fsp3) is 0.417. The first kappa shape index (κ1) is 16.7. The zero-order chi connectivity index (χ0) is 15.2. The largest absolute Gasteiger partial charge is 0.468 e. The lowest BCUT2D eigenvalue weighted by atomic mass is 10.3. The van der Waals surface area contributed by atoms with Crippen LogP contribution in [-0.2, 0) is 26.1 Å². The molecule has 0 spiro atoms. The molecule has 1 rings (SSSR count). The Balaban J connectivity index is 2.72. The Kier molecular flexibility index (Phi) is 6.16. The quantitative estimate of drug-likeness (QED) is 0.612. The van der Waals surface area contributed by atoms with Crippen LogP contribution in [0.5, 0.6) is 0 Å². The molecule has 0 saturated carbocycles. The van der Waals surface area contributed by atoms with Crippen molar-refractivity contribution in [3.63, 3.8) is 0 Å². The summed E-state index contributed by atoms with van der Waals surface area (Å²) < 4.78 is 29.2. The van der Waals surface area contributed by atoms with Gasteiger partial charge >= 0.3 is 5.97 Å². The zero-order valence-corrected chi connectivity index (χ0v) is 12.8. The van der Waals surface area contributed by atoms with Crippen molar-refractivity contribution in [3.05, 3.63) is 21.9 Å². The Hall–Kier alpha value is -1.40. The number of methoxy groups -OCH3 is 1. The van der Waals surface area contributed by atoms with Gasteiger partial charge in [-0.25, -0.2) is 8.42 Å². The summed E-state index contributed by atoms with van der Waals surface area (Å²) in [4.78, 5) is 11.8. The number of nitrogens with zero attached hydrogens (tertiary/aromatic N) is 1. The summed E-state index contributed by atoms with van der Waals surface area (Å²) in [6.07, 6.45) is 0. The molecule has 0 aliphatic carbocycles. The number of hydrogen-bond donors (Lipinski definition) is 1. The number of rotatable bonds is 5. The summed E-state index contributed by atoms with van der Waals surface area (Å²) >= 11 is 1.36. The number of hydrogen-bond acceptors (Lipinski definition) is 6. The average Bonchev–Trinajstić information content (AvgIpc) is 2.83. The fourth-order valence-corrected chi connectivity index (χ4v) is 3.23. The maximum atomic E-state index is 11.9. The molecule has 0 bridgehead atoms. The molecular weight excluding hydrogens is 302 g/mol. The summed E-state index contributed by atoms with van der Waals surface area (Å²) in [6.45, 7) is -0.0661. The van der Waals surface area contributed by atoms with Crippen LogP contribution in [0.15, 0.2) is 11.4 Å². The number of ether oxygens (including phenoxy) is 1. The molecule has 1 aromatic rings. The zero-order valence-electron chi connectivity index (χ0n) is 11.1. The van der Waals surface area contributed by atoms with E-state index < -0.39 is 21.7 Å². The number of carbonyl (C=O) groups is 1. The highest BCUT2D eigenvalue weighted by Crippen LogP contribution is 2.17. The maximum Gasteiger partial charge on any atom is 0.322 e. The molecule has 0 aliphatic heterocycles. The van der Waals surface area contributed by atoms with Crippen molar-refractivity contribution in [2.45, 2.75) is 6.54 Å². The van der Waals surface area contributed by atoms with Gasteiger partial charge in [-0.05, 0) is 6.07 Å². The minimum atomic E-state index is -3.69. The van der Waals surface area contributed by atoms with Gasteiger partial charge in [0.1, 0.15) is 6.61 Å². The molecule has 0 aliphatic rings. The summed E-state index contributed by atoms with van der Waals surface area (Å²) in [6, 6.07) is 1.75. The van der Waals surface area contributed by atoms with Crippen molar-refractivity contribution in [1.29, 1.82) is 0 Å². The number of carbonyl (C=O) groups excluding carboxylic acids is 1. The van der Waals surface area contributed by atoms with E-state index in [-0.39, 0.29) is 13.2 Å². The number of aliphatic hydroxyl groups excluding tert-OH is 1. The Morgan fingerprint density at radius 2 is 2.25 bits per heavy atom. The van der Waals surface area contributed by atoms with Crippen molar-refractivity contribution in [2.75, 3.05) is 26.5 Å². The van der Waals surface area contributed by atoms with Gasteiger partial charge < -0.3 is 9.84 Å². The highest BCUT2D eigenvalue weighted by Gasteiger charge is 2.23. The Labute approximate surface area is 122 Å². The SMILES string of the molecule is COC(=O)CS(=O)(=O)N(C)Cc1cc(C#CCO)cs1. The highest BCUT2D eigenvalue weighted by atomic mass is 32.2. The molecule has 0 saturated heterocycles. The minimum absolute atomic E-state index is 0.158. The molecule has 1 heterocycles. The van der Waals surface area contributed by atoms with Gasteiger partial charge in [0.15, 0.2) is 5.75 Å². The van der Waals surface area contributed by atoms with Crippen LogP contribution in [0, 0.1) is 11.8 Å². The first-order valence-corrected chi connectivity index (χ1v) is 8.06. The summed E-state index contributed by atoms with van der Waals surface area (Å²) in [5.74, 6) is 3.78. The second-order valence-corrected chi connectivity index (χ2v) is 6.92. The van der Waals surface area contributed by atoms with E-state index in [1.54, 1.807) is 11.4 Å². The monoisotopic (exact) mass is 317 g/mol. The van der Waals surface area contributed by atoms with E-state index in [1.807, 2.05) is 0 Å². The van der Waals surface area contributed by atoms with Crippen molar-refractivity contribution < 1.29 is 23.1 Å². The summed E-state index contributed by atoms with van der Waals surface area (Å²) in [5.41, 5.74) is 0.720. The van der Waals surface area contributed by atoms with Crippen molar-refractivity contribution in [2.24, 2.45) is 0 Å². The third-order valence-corrected chi connectivity index (χ3v) is 4.95. The molecule has 0 fully saturated rings. The van der Waals surface area contributed by atoms with Gasteiger partial charge in [0.2, 0.25) is 10.0 Å². The van der Waals surface area contributed by atoms with E-state index in [1.165, 1.54) is 18.4 Å². The second kappa shape index (κ2) is 7.40. The molecule has 0 unspecified atom stereocenters. The Bertz CT molecular complexity index is 624. The number of esters is 1. The van der Waals surface area contributed by atoms with Gasteiger partial charge in [-0.15, -0.1) is 11.3 Å². The van der Waals surface area contributed by atoms with E-state index in [2.05, 4.69) is 16.6 Å². The molecule has 1 aromatic heterocycles. The van der Waals surface area contributed by atoms with E-state index in [9.17, 15) is 13.2 Å². The van der Waals surface area contributed by atoms with Gasteiger partial charge in [0.05, 0.1) is 7.11 Å². The molecule has 0 atom stereocenters. The van der Waals surface area contributed by atoms with Gasteiger partial charge in [-0.1, -0.05) is 11.8 Å². The van der Waals surface area contributed by atoms with Crippen LogP contribution in [-0.4, -0.2) is 50.3 Å². The normalized spacial score (nSPS) is 11.0. The molecule has 8 heteroatoms. The number of aliphatic hydroxyl groups is 1. The maximum absolute atomic E-state index is 11.9. The summed E-state index contributed by atoms with van der Waals surface area (Å²) in [5, 5.41) is 10.4. The standard InChI is InChI=1S/C12H15NO5S2/c1-13(20(16,17)9-12(15)18-2)7-11-6-10(8-19-11)4-3-5-14/h6,8,14H,5,7,9H2,1-2H3. The van der Waals surface area contributed by atoms with E-state index >= 15 is 0 Å². The fourth-order valence-electron chi connectivity index (χ4n) is 1.31. The Morgan fingerprint density at radius 1 is 1.55 bits per heavy atom. The third-order valence-electron chi connectivity index (χ3n) is 2.35. The van der Waals surface area contributed by atoms with E-state index in [0.717, 1.165) is 21.9 Å². The molecule has 6 nitrogen and oxygen atoms in total. The van der Waals surface area contributed by atoms with Gasteiger partial charge in [0.25, 0.3) is 0 Å². The van der Waals surface area contributed by atoms with Crippen LogP contribution < -0.4 is 0 Å². The topological polar surface area (TPSA) is 83.9 Å². The van der Waals surface area contributed by atoms with Crippen LogP contribution in [0.4, 0.5) is 0 Å². The van der Waals surface area contributed by atoms with Crippen molar-refractivity contribution >= 4 is 27.3 Å². The van der Waals surface area contributed by atoms with Crippen LogP contribution in [0.3, 0.4) is 0 Å².